The molecule has 2 heteroatoms. The predicted octanol–water partition coefficient (Wildman–Crippen LogP) is 3.70. The molecule has 2 nitrogen and oxygen atoms in total. The zero-order valence-electron chi connectivity index (χ0n) is 14.9. The smallest absolute Gasteiger partial charge is 0.0720 e. The second-order valence-corrected chi connectivity index (χ2v) is 8.03. The first-order valence-corrected chi connectivity index (χ1v) is 9.45. The summed E-state index contributed by atoms with van der Waals surface area (Å²) in [7, 11) is 0. The molecule has 3 aliphatic heterocycles. The van der Waals surface area contributed by atoms with Crippen molar-refractivity contribution in [3.8, 4) is 0 Å². The summed E-state index contributed by atoms with van der Waals surface area (Å²) in [5.74, 6) is 1.36. The van der Waals surface area contributed by atoms with Crippen LogP contribution < -0.4 is 0 Å². The van der Waals surface area contributed by atoms with Crippen molar-refractivity contribution in [2.75, 3.05) is 19.6 Å². The lowest BCUT2D eigenvalue weighted by molar-refractivity contribution is -0.0576. The number of aryl methyl sites for hydroxylation is 1. The van der Waals surface area contributed by atoms with E-state index in [1.165, 1.54) is 37.1 Å². The van der Waals surface area contributed by atoms with E-state index in [0.717, 1.165) is 6.54 Å². The minimum atomic E-state index is -0.331. The molecule has 4 atom stereocenters. The first-order valence-electron chi connectivity index (χ1n) is 9.45. The Labute approximate surface area is 145 Å². The number of piperidine rings is 3. The van der Waals surface area contributed by atoms with Gasteiger partial charge in [0.05, 0.1) is 6.10 Å². The molecule has 0 unspecified atom stereocenters. The molecule has 0 amide bonds. The van der Waals surface area contributed by atoms with E-state index < -0.39 is 0 Å². The number of nitrogens with zero attached hydrogens (tertiary/aromatic N) is 1. The Balaban J connectivity index is 1.78. The van der Waals surface area contributed by atoms with E-state index in [-0.39, 0.29) is 11.5 Å². The van der Waals surface area contributed by atoms with Crippen molar-refractivity contribution in [3.63, 3.8) is 0 Å². The number of aliphatic hydroxyl groups is 1. The van der Waals surface area contributed by atoms with Crippen LogP contribution in [0.5, 0.6) is 0 Å². The molecular formula is C22H29NO. The molecule has 4 aliphatic rings. The molecule has 3 fully saturated rings. The molecule has 0 aromatic heterocycles. The molecule has 1 aromatic carbocycles. The normalized spacial score (nSPS) is 39.1. The minimum absolute atomic E-state index is 0.300. The Morgan fingerprint density at radius 3 is 2.54 bits per heavy atom. The lowest BCUT2D eigenvalue weighted by atomic mass is 9.58. The number of hydrogen-bond acceptors (Lipinski definition) is 2. The van der Waals surface area contributed by atoms with Crippen LogP contribution in [0.2, 0.25) is 0 Å². The fourth-order valence-corrected chi connectivity index (χ4v) is 5.40. The molecule has 3 saturated heterocycles. The molecule has 0 saturated carbocycles. The third-order valence-corrected chi connectivity index (χ3v) is 6.85. The molecule has 1 aliphatic carbocycles. The zero-order valence-corrected chi connectivity index (χ0v) is 14.9. The van der Waals surface area contributed by atoms with Gasteiger partial charge in [-0.1, -0.05) is 55.5 Å². The highest BCUT2D eigenvalue weighted by Crippen LogP contribution is 2.47. The molecule has 0 radical (unpaired) electrons. The first-order chi connectivity index (χ1) is 11.6. The fourth-order valence-electron chi connectivity index (χ4n) is 5.40. The van der Waals surface area contributed by atoms with Gasteiger partial charge in [-0.05, 0) is 55.8 Å². The average Bonchev–Trinajstić information content (AvgIpc) is 2.63. The van der Waals surface area contributed by atoms with Crippen LogP contribution in [0.3, 0.4) is 0 Å². The van der Waals surface area contributed by atoms with Gasteiger partial charge in [-0.3, -0.25) is 0 Å². The molecule has 2 bridgehead atoms. The summed E-state index contributed by atoms with van der Waals surface area (Å²) in [6.07, 6.45) is 11.0. The number of fused-ring (bicyclic) bond motifs is 3. The Kier molecular flexibility index (Phi) is 4.14. The molecule has 1 aromatic rings. The predicted molar refractivity (Wildman–Crippen MR) is 99.0 cm³/mol. The zero-order chi connectivity index (χ0) is 16.7. The molecule has 128 valence electrons. The summed E-state index contributed by atoms with van der Waals surface area (Å²) in [5, 5.41) is 11.7. The number of hydrogen-bond donors (Lipinski definition) is 1. The molecule has 3 heterocycles. The highest BCUT2D eigenvalue weighted by molar-refractivity contribution is 5.44. The van der Waals surface area contributed by atoms with Crippen molar-refractivity contribution in [1.82, 2.24) is 4.90 Å². The summed E-state index contributed by atoms with van der Waals surface area (Å²) in [6, 6.07) is 8.62. The van der Waals surface area contributed by atoms with E-state index in [0.29, 0.717) is 17.8 Å². The molecule has 1 N–H and O–H groups in total. The van der Waals surface area contributed by atoms with Gasteiger partial charge in [-0.2, -0.15) is 0 Å². The van der Waals surface area contributed by atoms with E-state index in [1.807, 2.05) is 0 Å². The van der Waals surface area contributed by atoms with Crippen LogP contribution in [0.15, 0.2) is 48.6 Å². The maximum atomic E-state index is 11.7. The number of rotatable bonds is 3. The van der Waals surface area contributed by atoms with E-state index in [9.17, 15) is 5.11 Å². The van der Waals surface area contributed by atoms with Gasteiger partial charge in [-0.15, -0.1) is 0 Å². The van der Waals surface area contributed by atoms with Crippen LogP contribution in [0.25, 0.3) is 0 Å². The maximum Gasteiger partial charge on any atom is 0.0720 e. The fraction of sp³-hybridized carbons (Fsp3) is 0.545. The third kappa shape index (κ3) is 2.39. The number of allylic oxidation sites excluding steroid dienone is 3. The van der Waals surface area contributed by atoms with Crippen molar-refractivity contribution in [2.45, 2.75) is 38.2 Å². The largest absolute Gasteiger partial charge is 0.391 e. The van der Waals surface area contributed by atoms with Crippen molar-refractivity contribution < 1.29 is 5.11 Å². The van der Waals surface area contributed by atoms with Crippen LogP contribution in [-0.2, 0) is 5.41 Å². The minimum Gasteiger partial charge on any atom is -0.391 e. The van der Waals surface area contributed by atoms with Gasteiger partial charge >= 0.3 is 0 Å². The highest BCUT2D eigenvalue weighted by Gasteiger charge is 2.50. The van der Waals surface area contributed by atoms with Crippen LogP contribution in [0.1, 0.15) is 30.9 Å². The Morgan fingerprint density at radius 2 is 1.92 bits per heavy atom. The average molecular weight is 323 g/mol. The van der Waals surface area contributed by atoms with Crippen molar-refractivity contribution in [3.05, 3.63) is 59.7 Å². The van der Waals surface area contributed by atoms with Gasteiger partial charge in [0.1, 0.15) is 0 Å². The molecular weight excluding hydrogens is 294 g/mol. The Bertz CT molecular complexity index is 656. The molecule has 24 heavy (non-hydrogen) atoms. The lowest BCUT2D eigenvalue weighted by Gasteiger charge is -2.52. The van der Waals surface area contributed by atoms with Gasteiger partial charge < -0.3 is 10.0 Å². The Hall–Kier alpha value is -1.38. The summed E-state index contributed by atoms with van der Waals surface area (Å²) in [4.78, 5) is 2.55. The van der Waals surface area contributed by atoms with E-state index in [4.69, 9.17) is 0 Å². The van der Waals surface area contributed by atoms with Crippen LogP contribution >= 0.6 is 0 Å². The van der Waals surface area contributed by atoms with Crippen LogP contribution in [0, 0.1) is 24.7 Å². The van der Waals surface area contributed by atoms with Crippen molar-refractivity contribution >= 4 is 0 Å². The topological polar surface area (TPSA) is 23.5 Å². The molecule has 0 spiro atoms. The maximum absolute atomic E-state index is 11.7. The second kappa shape index (κ2) is 6.16. The standard InChI is InChI=1S/C22H29NO/c1-16-7-3-4-9-20(16)22(12-6-5-8-17(22)2)21(24)19-15-23-13-10-18(19)11-14-23/h3-9,12,17-19,21,24H,10-11,13-15H2,1-2H3/t17-,19-,21+,22-/m0/s1. The van der Waals surface area contributed by atoms with E-state index in [2.05, 4.69) is 67.3 Å². The number of benzene rings is 1. The van der Waals surface area contributed by atoms with E-state index in [1.54, 1.807) is 0 Å². The van der Waals surface area contributed by atoms with Gasteiger partial charge in [0, 0.05) is 17.9 Å². The quantitative estimate of drug-likeness (QED) is 0.917. The van der Waals surface area contributed by atoms with Gasteiger partial charge in [0.25, 0.3) is 0 Å². The third-order valence-electron chi connectivity index (χ3n) is 6.85. The van der Waals surface area contributed by atoms with Gasteiger partial charge in [0.2, 0.25) is 0 Å². The second-order valence-electron chi connectivity index (χ2n) is 8.03. The summed E-state index contributed by atoms with van der Waals surface area (Å²) in [5.41, 5.74) is 2.27. The molecule has 5 rings (SSSR count). The van der Waals surface area contributed by atoms with Gasteiger partial charge in [-0.25, -0.2) is 0 Å². The van der Waals surface area contributed by atoms with Crippen molar-refractivity contribution in [1.29, 1.82) is 0 Å². The van der Waals surface area contributed by atoms with Crippen LogP contribution in [0.4, 0.5) is 0 Å². The summed E-state index contributed by atoms with van der Waals surface area (Å²) in [6.45, 7) is 7.94. The summed E-state index contributed by atoms with van der Waals surface area (Å²) < 4.78 is 0. The SMILES string of the molecule is Cc1ccccc1[C@]1([C@H](O)[C@H]2CN3CCC2CC3)C=CC=C[C@@H]1C. The highest BCUT2D eigenvalue weighted by atomic mass is 16.3. The van der Waals surface area contributed by atoms with Crippen LogP contribution in [-0.4, -0.2) is 35.7 Å². The monoisotopic (exact) mass is 323 g/mol. The van der Waals surface area contributed by atoms with Gasteiger partial charge in [0.15, 0.2) is 0 Å². The number of aliphatic hydroxyl groups excluding tert-OH is 1. The van der Waals surface area contributed by atoms with Crippen molar-refractivity contribution in [2.24, 2.45) is 17.8 Å². The Morgan fingerprint density at radius 1 is 1.17 bits per heavy atom. The van der Waals surface area contributed by atoms with E-state index >= 15 is 0 Å². The summed E-state index contributed by atoms with van der Waals surface area (Å²) >= 11 is 0. The first kappa shape index (κ1) is 16.1. The lowest BCUT2D eigenvalue weighted by Crippen LogP contribution is -2.57.